The van der Waals surface area contributed by atoms with Gasteiger partial charge in [-0.1, -0.05) is 180 Å². The summed E-state index contributed by atoms with van der Waals surface area (Å²) < 4.78 is 5.44. The second kappa shape index (κ2) is 35.2. The summed E-state index contributed by atoms with van der Waals surface area (Å²) in [6, 6.07) is 0. The van der Waals surface area contributed by atoms with Crippen LogP contribution in [0.5, 0.6) is 0 Å². The summed E-state index contributed by atoms with van der Waals surface area (Å²) in [5.74, 6) is 0.0231. The molecule has 2 heteroatoms. The van der Waals surface area contributed by atoms with Gasteiger partial charge in [-0.25, -0.2) is 0 Å². The lowest BCUT2D eigenvalue weighted by atomic mass is 10.0. The van der Waals surface area contributed by atoms with Crippen molar-refractivity contribution in [2.45, 2.75) is 213 Å². The molecule has 0 atom stereocenters. The van der Waals surface area contributed by atoms with Gasteiger partial charge in [0, 0.05) is 6.42 Å². The van der Waals surface area contributed by atoms with E-state index >= 15 is 0 Å². The summed E-state index contributed by atoms with van der Waals surface area (Å²) in [6.45, 7) is 5.20. The van der Waals surface area contributed by atoms with E-state index in [2.05, 4.69) is 26.0 Å². The number of hydrogen-bond acceptors (Lipinski definition) is 2. The SMILES string of the molecule is CCCCCCCCC=CCCCCCCCCCCCC(=O)OCCCCCCCCCCCCCCC. The summed E-state index contributed by atoms with van der Waals surface area (Å²) in [5, 5.41) is 0. The molecule has 0 radical (unpaired) electrons. The van der Waals surface area contributed by atoms with E-state index in [-0.39, 0.29) is 5.97 Å². The molecule has 0 amide bonds. The molecule has 0 aromatic rings. The van der Waals surface area contributed by atoms with Gasteiger partial charge < -0.3 is 4.74 Å². The van der Waals surface area contributed by atoms with Crippen molar-refractivity contribution in [1.29, 1.82) is 0 Å². The highest BCUT2D eigenvalue weighted by Crippen LogP contribution is 2.14. The van der Waals surface area contributed by atoms with Crippen LogP contribution in [0.15, 0.2) is 12.2 Å². The number of unbranched alkanes of at least 4 members (excludes halogenated alkanes) is 27. The maximum absolute atomic E-state index is 11.9. The Kier molecular flexibility index (Phi) is 34.5. The van der Waals surface area contributed by atoms with Crippen molar-refractivity contribution in [2.24, 2.45) is 0 Å². The molecule has 0 saturated heterocycles. The van der Waals surface area contributed by atoms with Crippen LogP contribution in [0.25, 0.3) is 0 Å². The zero-order chi connectivity index (χ0) is 28.3. The summed E-state index contributed by atoms with van der Waals surface area (Å²) in [7, 11) is 0. The van der Waals surface area contributed by atoms with Gasteiger partial charge in [0.2, 0.25) is 0 Å². The highest BCUT2D eigenvalue weighted by molar-refractivity contribution is 5.69. The van der Waals surface area contributed by atoms with Crippen molar-refractivity contribution in [3.8, 4) is 0 Å². The lowest BCUT2D eigenvalue weighted by molar-refractivity contribution is -0.143. The summed E-state index contributed by atoms with van der Waals surface area (Å²) in [4.78, 5) is 11.9. The van der Waals surface area contributed by atoms with Crippen molar-refractivity contribution >= 4 is 5.97 Å². The fourth-order valence-electron chi connectivity index (χ4n) is 5.43. The number of carbonyl (C=O) groups excluding carboxylic acids is 1. The smallest absolute Gasteiger partial charge is 0.305 e. The van der Waals surface area contributed by atoms with E-state index in [1.54, 1.807) is 0 Å². The lowest BCUT2D eigenvalue weighted by Crippen LogP contribution is -2.05. The fraction of sp³-hybridized carbons (Fsp3) is 0.919. The Balaban J connectivity index is 3.18. The van der Waals surface area contributed by atoms with E-state index in [1.165, 1.54) is 180 Å². The largest absolute Gasteiger partial charge is 0.466 e. The van der Waals surface area contributed by atoms with Gasteiger partial charge in [-0.05, 0) is 38.5 Å². The van der Waals surface area contributed by atoms with Crippen LogP contribution in [0.3, 0.4) is 0 Å². The number of rotatable bonds is 33. The summed E-state index contributed by atoms with van der Waals surface area (Å²) >= 11 is 0. The standard InChI is InChI=1S/C37H72O2/c1-3-5-7-9-11-13-15-17-18-19-20-21-22-23-25-27-29-31-33-35-37(38)39-36-34-32-30-28-26-24-16-14-12-10-8-6-4-2/h17-18H,3-16,19-36H2,1-2H3. The third kappa shape index (κ3) is 35.2. The van der Waals surface area contributed by atoms with E-state index in [1.807, 2.05) is 0 Å². The second-order valence-corrected chi connectivity index (χ2v) is 12.2. The zero-order valence-electron chi connectivity index (χ0n) is 27.1. The molecule has 0 bridgehead atoms. The molecule has 0 aromatic heterocycles. The van der Waals surface area contributed by atoms with Crippen molar-refractivity contribution < 1.29 is 9.53 Å². The zero-order valence-corrected chi connectivity index (χ0v) is 27.1. The van der Waals surface area contributed by atoms with Crippen molar-refractivity contribution in [1.82, 2.24) is 0 Å². The molecule has 0 rings (SSSR count). The Bertz CT molecular complexity index is 484. The molecule has 2 nitrogen and oxygen atoms in total. The van der Waals surface area contributed by atoms with E-state index in [0.29, 0.717) is 13.0 Å². The first-order valence-electron chi connectivity index (χ1n) is 18.1. The molecule has 0 heterocycles. The van der Waals surface area contributed by atoms with Gasteiger partial charge in [-0.3, -0.25) is 4.79 Å². The Morgan fingerprint density at radius 2 is 0.718 bits per heavy atom. The van der Waals surface area contributed by atoms with Crippen LogP contribution in [-0.4, -0.2) is 12.6 Å². The van der Waals surface area contributed by atoms with E-state index in [9.17, 15) is 4.79 Å². The number of esters is 1. The van der Waals surface area contributed by atoms with Crippen LogP contribution < -0.4 is 0 Å². The van der Waals surface area contributed by atoms with Gasteiger partial charge in [-0.2, -0.15) is 0 Å². The van der Waals surface area contributed by atoms with Crippen LogP contribution in [0.1, 0.15) is 213 Å². The first kappa shape index (κ1) is 38.2. The molecule has 0 fully saturated rings. The number of hydrogen-bond donors (Lipinski definition) is 0. The number of allylic oxidation sites excluding steroid dienone is 2. The van der Waals surface area contributed by atoms with Crippen LogP contribution in [0.2, 0.25) is 0 Å². The third-order valence-corrected chi connectivity index (χ3v) is 8.15. The average molecular weight is 549 g/mol. The molecule has 0 saturated carbocycles. The molecular weight excluding hydrogens is 476 g/mol. The Labute approximate surface area is 246 Å². The minimum atomic E-state index is 0.0231. The predicted molar refractivity (Wildman–Crippen MR) is 175 cm³/mol. The Morgan fingerprint density at radius 1 is 0.410 bits per heavy atom. The summed E-state index contributed by atoms with van der Waals surface area (Å²) in [6.07, 6.45) is 45.6. The molecule has 39 heavy (non-hydrogen) atoms. The second-order valence-electron chi connectivity index (χ2n) is 12.2. The van der Waals surface area contributed by atoms with Crippen LogP contribution in [0.4, 0.5) is 0 Å². The van der Waals surface area contributed by atoms with E-state index in [0.717, 1.165) is 12.8 Å². The predicted octanol–water partition coefficient (Wildman–Crippen LogP) is 13.2. The lowest BCUT2D eigenvalue weighted by Gasteiger charge is -2.06. The molecule has 0 N–H and O–H groups in total. The highest BCUT2D eigenvalue weighted by atomic mass is 16.5. The molecule has 0 spiro atoms. The molecule has 0 aliphatic heterocycles. The van der Waals surface area contributed by atoms with E-state index < -0.39 is 0 Å². The normalized spacial score (nSPS) is 11.5. The molecule has 232 valence electrons. The van der Waals surface area contributed by atoms with Gasteiger partial charge in [0.1, 0.15) is 0 Å². The monoisotopic (exact) mass is 549 g/mol. The maximum atomic E-state index is 11.9. The minimum absolute atomic E-state index is 0.0231. The quantitative estimate of drug-likeness (QED) is 0.0463. The topological polar surface area (TPSA) is 26.3 Å². The summed E-state index contributed by atoms with van der Waals surface area (Å²) in [5.41, 5.74) is 0. The molecule has 0 aliphatic rings. The highest BCUT2D eigenvalue weighted by Gasteiger charge is 2.02. The van der Waals surface area contributed by atoms with Gasteiger partial charge in [0.25, 0.3) is 0 Å². The van der Waals surface area contributed by atoms with Crippen LogP contribution in [0, 0.1) is 0 Å². The third-order valence-electron chi connectivity index (χ3n) is 8.15. The molecule has 0 aliphatic carbocycles. The van der Waals surface area contributed by atoms with E-state index in [4.69, 9.17) is 4.74 Å². The number of ether oxygens (including phenoxy) is 1. The first-order chi connectivity index (χ1) is 19.3. The van der Waals surface area contributed by atoms with Crippen LogP contribution in [-0.2, 0) is 9.53 Å². The van der Waals surface area contributed by atoms with Gasteiger partial charge in [0.05, 0.1) is 6.61 Å². The molecule has 0 aromatic carbocycles. The van der Waals surface area contributed by atoms with Gasteiger partial charge in [-0.15, -0.1) is 0 Å². The van der Waals surface area contributed by atoms with Crippen molar-refractivity contribution in [2.75, 3.05) is 6.61 Å². The van der Waals surface area contributed by atoms with Gasteiger partial charge >= 0.3 is 5.97 Å². The number of carbonyl (C=O) groups is 1. The fourth-order valence-corrected chi connectivity index (χ4v) is 5.43. The molecule has 0 unspecified atom stereocenters. The Hall–Kier alpha value is -0.790. The first-order valence-corrected chi connectivity index (χ1v) is 18.1. The maximum Gasteiger partial charge on any atom is 0.305 e. The minimum Gasteiger partial charge on any atom is -0.466 e. The van der Waals surface area contributed by atoms with Crippen LogP contribution >= 0.6 is 0 Å². The Morgan fingerprint density at radius 3 is 1.10 bits per heavy atom. The van der Waals surface area contributed by atoms with Crippen molar-refractivity contribution in [3.05, 3.63) is 12.2 Å². The van der Waals surface area contributed by atoms with Gasteiger partial charge in [0.15, 0.2) is 0 Å². The average Bonchev–Trinajstić information content (AvgIpc) is 2.94. The van der Waals surface area contributed by atoms with Crippen molar-refractivity contribution in [3.63, 3.8) is 0 Å². The molecular formula is C37H72O2.